The molecule has 24 heavy (non-hydrogen) atoms. The van der Waals surface area contributed by atoms with Crippen LogP contribution in [-0.4, -0.2) is 12.1 Å². The summed E-state index contributed by atoms with van der Waals surface area (Å²) in [5, 5.41) is 3.01. The number of nitrogens with zero attached hydrogens (tertiary/aromatic N) is 1. The van der Waals surface area contributed by atoms with E-state index in [4.69, 9.17) is 15.2 Å². The zero-order valence-corrected chi connectivity index (χ0v) is 13.2. The standard InChI is InChI=1S/C20H16N2O2/c1-23-14-5-8-17-19(12-14)22-10-9-20(17)24-15-6-7-16-13(11-15)3-2-4-18(16)21/h2-12H,21H2,1H3. The zero-order valence-electron chi connectivity index (χ0n) is 13.2. The van der Waals surface area contributed by atoms with Crippen LogP contribution in [0, 0.1) is 0 Å². The number of hydrogen-bond donors (Lipinski definition) is 1. The average Bonchev–Trinajstić information content (AvgIpc) is 2.61. The number of ether oxygens (including phenoxy) is 2. The molecule has 4 heteroatoms. The highest BCUT2D eigenvalue weighted by Crippen LogP contribution is 2.32. The Bertz CT molecular complexity index is 1040. The number of nitrogens with two attached hydrogens (primary N) is 1. The van der Waals surface area contributed by atoms with E-state index < -0.39 is 0 Å². The van der Waals surface area contributed by atoms with Gasteiger partial charge in [-0.3, -0.25) is 4.98 Å². The first kappa shape index (κ1) is 14.3. The molecule has 0 radical (unpaired) electrons. The van der Waals surface area contributed by atoms with Crippen LogP contribution in [-0.2, 0) is 0 Å². The minimum absolute atomic E-state index is 0.755. The first-order valence-corrected chi connectivity index (χ1v) is 7.63. The van der Waals surface area contributed by atoms with Gasteiger partial charge in [0.1, 0.15) is 17.2 Å². The van der Waals surface area contributed by atoms with Crippen molar-refractivity contribution >= 4 is 27.4 Å². The monoisotopic (exact) mass is 316 g/mol. The van der Waals surface area contributed by atoms with Crippen LogP contribution in [0.4, 0.5) is 5.69 Å². The first-order chi connectivity index (χ1) is 11.7. The molecule has 1 heterocycles. The van der Waals surface area contributed by atoms with Gasteiger partial charge in [0.15, 0.2) is 0 Å². The molecule has 0 saturated heterocycles. The Kier molecular flexibility index (Phi) is 3.43. The van der Waals surface area contributed by atoms with Gasteiger partial charge in [-0.05, 0) is 47.9 Å². The van der Waals surface area contributed by atoms with Gasteiger partial charge >= 0.3 is 0 Å². The Balaban J connectivity index is 1.76. The van der Waals surface area contributed by atoms with Crippen LogP contribution in [0.25, 0.3) is 21.7 Å². The van der Waals surface area contributed by atoms with E-state index in [2.05, 4.69) is 4.98 Å². The Hall–Kier alpha value is -3.27. The summed E-state index contributed by atoms with van der Waals surface area (Å²) in [6.45, 7) is 0. The molecular formula is C20H16N2O2. The summed E-state index contributed by atoms with van der Waals surface area (Å²) in [4.78, 5) is 4.38. The van der Waals surface area contributed by atoms with Crippen molar-refractivity contribution in [2.45, 2.75) is 0 Å². The molecule has 0 bridgehead atoms. The Morgan fingerprint density at radius 2 is 1.71 bits per heavy atom. The van der Waals surface area contributed by atoms with Gasteiger partial charge < -0.3 is 15.2 Å². The zero-order chi connectivity index (χ0) is 16.5. The number of nitrogen functional groups attached to an aromatic ring is 1. The summed E-state index contributed by atoms with van der Waals surface area (Å²) in [6, 6.07) is 19.4. The van der Waals surface area contributed by atoms with Crippen LogP contribution in [0.15, 0.2) is 66.9 Å². The molecule has 4 rings (SSSR count). The van der Waals surface area contributed by atoms with E-state index in [0.29, 0.717) is 0 Å². The summed E-state index contributed by atoms with van der Waals surface area (Å²) in [6.07, 6.45) is 1.73. The van der Waals surface area contributed by atoms with Crippen molar-refractivity contribution in [3.05, 3.63) is 66.9 Å². The van der Waals surface area contributed by atoms with E-state index in [-0.39, 0.29) is 0 Å². The third-order valence-electron chi connectivity index (χ3n) is 4.02. The summed E-state index contributed by atoms with van der Waals surface area (Å²) < 4.78 is 11.3. The molecule has 0 spiro atoms. The second-order valence-electron chi connectivity index (χ2n) is 5.52. The molecule has 0 aliphatic rings. The number of rotatable bonds is 3. The average molecular weight is 316 g/mol. The van der Waals surface area contributed by atoms with E-state index in [9.17, 15) is 0 Å². The second-order valence-corrected chi connectivity index (χ2v) is 5.52. The number of aromatic nitrogens is 1. The molecule has 0 saturated carbocycles. The lowest BCUT2D eigenvalue weighted by Gasteiger charge is -2.10. The maximum atomic E-state index is 6.09. The highest BCUT2D eigenvalue weighted by Gasteiger charge is 2.07. The van der Waals surface area contributed by atoms with Crippen molar-refractivity contribution < 1.29 is 9.47 Å². The molecular weight excluding hydrogens is 300 g/mol. The fraction of sp³-hybridized carbons (Fsp3) is 0.0500. The van der Waals surface area contributed by atoms with Crippen LogP contribution in [0.2, 0.25) is 0 Å². The van der Waals surface area contributed by atoms with Crippen LogP contribution in [0.5, 0.6) is 17.2 Å². The van der Waals surface area contributed by atoms with Gasteiger partial charge in [0.2, 0.25) is 0 Å². The molecule has 0 fully saturated rings. The van der Waals surface area contributed by atoms with Crippen LogP contribution >= 0.6 is 0 Å². The number of pyridine rings is 1. The minimum atomic E-state index is 0.755. The third kappa shape index (κ3) is 2.48. The second kappa shape index (κ2) is 5.74. The summed E-state index contributed by atoms with van der Waals surface area (Å²) in [5.74, 6) is 2.29. The largest absolute Gasteiger partial charge is 0.497 e. The van der Waals surface area contributed by atoms with Crippen molar-refractivity contribution in [1.29, 1.82) is 0 Å². The van der Waals surface area contributed by atoms with E-state index >= 15 is 0 Å². The molecule has 0 atom stereocenters. The number of fused-ring (bicyclic) bond motifs is 2. The molecule has 2 N–H and O–H groups in total. The van der Waals surface area contributed by atoms with E-state index in [1.165, 1.54) is 0 Å². The van der Waals surface area contributed by atoms with E-state index in [0.717, 1.165) is 44.6 Å². The highest BCUT2D eigenvalue weighted by atomic mass is 16.5. The number of hydrogen-bond acceptors (Lipinski definition) is 4. The smallest absolute Gasteiger partial charge is 0.138 e. The molecule has 3 aromatic carbocycles. The molecule has 1 aromatic heterocycles. The first-order valence-electron chi connectivity index (χ1n) is 7.63. The van der Waals surface area contributed by atoms with Gasteiger partial charge in [-0.1, -0.05) is 12.1 Å². The number of benzene rings is 3. The molecule has 0 amide bonds. The Labute approximate surface area is 139 Å². The van der Waals surface area contributed by atoms with Crippen LogP contribution in [0.1, 0.15) is 0 Å². The lowest BCUT2D eigenvalue weighted by Crippen LogP contribution is -1.90. The summed E-state index contributed by atoms with van der Waals surface area (Å²) in [5.41, 5.74) is 7.59. The molecule has 0 aliphatic carbocycles. The Morgan fingerprint density at radius 1 is 0.875 bits per heavy atom. The van der Waals surface area contributed by atoms with Crippen molar-refractivity contribution in [3.8, 4) is 17.2 Å². The predicted octanol–water partition coefficient (Wildman–Crippen LogP) is 4.77. The fourth-order valence-corrected chi connectivity index (χ4v) is 2.79. The van der Waals surface area contributed by atoms with Crippen molar-refractivity contribution in [2.24, 2.45) is 0 Å². The SMILES string of the molecule is COc1ccc2c(Oc3ccc4c(N)cccc4c3)ccnc2c1. The minimum Gasteiger partial charge on any atom is -0.497 e. The van der Waals surface area contributed by atoms with Crippen molar-refractivity contribution in [1.82, 2.24) is 4.98 Å². The maximum absolute atomic E-state index is 6.09. The van der Waals surface area contributed by atoms with Crippen LogP contribution in [0.3, 0.4) is 0 Å². The predicted molar refractivity (Wildman–Crippen MR) is 96.7 cm³/mol. The normalized spacial score (nSPS) is 10.9. The summed E-state index contributed by atoms with van der Waals surface area (Å²) >= 11 is 0. The van der Waals surface area contributed by atoms with Gasteiger partial charge in [-0.15, -0.1) is 0 Å². The quantitative estimate of drug-likeness (QED) is 0.553. The summed E-state index contributed by atoms with van der Waals surface area (Å²) in [7, 11) is 1.64. The van der Waals surface area contributed by atoms with Gasteiger partial charge in [0.05, 0.1) is 12.6 Å². The lowest BCUT2D eigenvalue weighted by atomic mass is 10.1. The topological polar surface area (TPSA) is 57.4 Å². The van der Waals surface area contributed by atoms with Crippen LogP contribution < -0.4 is 15.2 Å². The van der Waals surface area contributed by atoms with Gasteiger partial charge in [0, 0.05) is 28.7 Å². The third-order valence-corrected chi connectivity index (χ3v) is 4.02. The van der Waals surface area contributed by atoms with Crippen molar-refractivity contribution in [3.63, 3.8) is 0 Å². The highest BCUT2D eigenvalue weighted by molar-refractivity contribution is 5.94. The fourth-order valence-electron chi connectivity index (χ4n) is 2.79. The van der Waals surface area contributed by atoms with E-state index in [1.54, 1.807) is 13.3 Å². The van der Waals surface area contributed by atoms with Gasteiger partial charge in [-0.25, -0.2) is 0 Å². The van der Waals surface area contributed by atoms with Gasteiger partial charge in [0.25, 0.3) is 0 Å². The number of anilines is 1. The molecule has 0 unspecified atom stereocenters. The van der Waals surface area contributed by atoms with E-state index in [1.807, 2.05) is 60.7 Å². The lowest BCUT2D eigenvalue weighted by molar-refractivity contribution is 0.415. The molecule has 0 aliphatic heterocycles. The molecule has 118 valence electrons. The molecule has 4 aromatic rings. The number of methoxy groups -OCH3 is 1. The Morgan fingerprint density at radius 3 is 2.58 bits per heavy atom. The van der Waals surface area contributed by atoms with Gasteiger partial charge in [-0.2, -0.15) is 0 Å². The maximum Gasteiger partial charge on any atom is 0.138 e. The van der Waals surface area contributed by atoms with Crippen molar-refractivity contribution in [2.75, 3.05) is 12.8 Å². The molecule has 4 nitrogen and oxygen atoms in total.